The van der Waals surface area contributed by atoms with Crippen LogP contribution < -0.4 is 5.32 Å². The Kier molecular flexibility index (Phi) is 4.59. The zero-order valence-electron chi connectivity index (χ0n) is 8.53. The zero-order chi connectivity index (χ0) is 10.1. The lowest BCUT2D eigenvalue weighted by atomic mass is 9.91. The van der Waals surface area contributed by atoms with Crippen molar-refractivity contribution in [3.05, 3.63) is 33.8 Å². The molecule has 0 saturated heterocycles. The first-order valence-electron chi connectivity index (χ1n) is 4.86. The molecule has 2 N–H and O–H groups in total. The number of rotatable bonds is 1. The molecule has 0 aliphatic carbocycles. The molecule has 2 atom stereocenters. The largest absolute Gasteiger partial charge is 0.395 e. The van der Waals surface area contributed by atoms with Crippen molar-refractivity contribution in [1.82, 2.24) is 5.32 Å². The van der Waals surface area contributed by atoms with Gasteiger partial charge >= 0.3 is 0 Å². The first kappa shape index (κ1) is 13.0. The Hall–Kier alpha value is -0.0900. The van der Waals surface area contributed by atoms with Gasteiger partial charge in [-0.1, -0.05) is 28.1 Å². The maximum atomic E-state index is 9.15. The zero-order valence-corrected chi connectivity index (χ0v) is 10.9. The Morgan fingerprint density at radius 3 is 2.93 bits per heavy atom. The lowest BCUT2D eigenvalue weighted by Crippen LogP contribution is -2.40. The fourth-order valence-electron chi connectivity index (χ4n) is 2.06. The van der Waals surface area contributed by atoms with Gasteiger partial charge in [-0.3, -0.25) is 0 Å². The molecule has 1 aromatic rings. The molecule has 0 unspecified atom stereocenters. The SMILES string of the molecule is C[C@@H]1N[C@@H](CO)Cc2c(Br)cccc21.Cl. The van der Waals surface area contributed by atoms with Gasteiger partial charge in [-0.05, 0) is 30.5 Å². The van der Waals surface area contributed by atoms with E-state index in [0.29, 0.717) is 6.04 Å². The van der Waals surface area contributed by atoms with Crippen LogP contribution in [-0.4, -0.2) is 17.8 Å². The Labute approximate surface area is 105 Å². The minimum Gasteiger partial charge on any atom is -0.395 e. The van der Waals surface area contributed by atoms with E-state index in [1.54, 1.807) is 0 Å². The fourth-order valence-corrected chi connectivity index (χ4v) is 2.61. The van der Waals surface area contributed by atoms with Crippen LogP contribution in [0.4, 0.5) is 0 Å². The highest BCUT2D eigenvalue weighted by atomic mass is 79.9. The van der Waals surface area contributed by atoms with E-state index in [1.165, 1.54) is 11.1 Å². The molecule has 15 heavy (non-hydrogen) atoms. The summed E-state index contributed by atoms with van der Waals surface area (Å²) in [6, 6.07) is 6.78. The highest BCUT2D eigenvalue weighted by Crippen LogP contribution is 2.30. The van der Waals surface area contributed by atoms with E-state index in [1.807, 2.05) is 0 Å². The predicted octanol–water partition coefficient (Wildman–Crippen LogP) is 2.44. The number of halogens is 2. The van der Waals surface area contributed by atoms with Crippen LogP contribution in [0.3, 0.4) is 0 Å². The number of nitrogens with one attached hydrogen (secondary N) is 1. The summed E-state index contributed by atoms with van der Waals surface area (Å²) >= 11 is 3.56. The quantitative estimate of drug-likeness (QED) is 0.833. The summed E-state index contributed by atoms with van der Waals surface area (Å²) in [5.74, 6) is 0. The molecule has 2 rings (SSSR count). The second kappa shape index (κ2) is 5.30. The van der Waals surface area contributed by atoms with Crippen LogP contribution in [0, 0.1) is 0 Å². The Balaban J connectivity index is 0.00000112. The van der Waals surface area contributed by atoms with Crippen molar-refractivity contribution < 1.29 is 5.11 Å². The van der Waals surface area contributed by atoms with E-state index in [0.717, 1.165) is 10.9 Å². The highest BCUT2D eigenvalue weighted by Gasteiger charge is 2.23. The van der Waals surface area contributed by atoms with Crippen LogP contribution in [0.2, 0.25) is 0 Å². The third-order valence-corrected chi connectivity index (χ3v) is 3.52. The van der Waals surface area contributed by atoms with Gasteiger partial charge in [0.1, 0.15) is 0 Å². The topological polar surface area (TPSA) is 32.3 Å². The van der Waals surface area contributed by atoms with Crippen molar-refractivity contribution in [2.45, 2.75) is 25.4 Å². The molecule has 1 aliphatic heterocycles. The normalized spacial score (nSPS) is 24.2. The number of benzene rings is 1. The molecule has 84 valence electrons. The number of hydrogen-bond acceptors (Lipinski definition) is 2. The van der Waals surface area contributed by atoms with Gasteiger partial charge in [-0.2, -0.15) is 0 Å². The van der Waals surface area contributed by atoms with Gasteiger partial charge in [0.05, 0.1) is 6.61 Å². The molecule has 0 bridgehead atoms. The van der Waals surface area contributed by atoms with E-state index >= 15 is 0 Å². The van der Waals surface area contributed by atoms with E-state index < -0.39 is 0 Å². The van der Waals surface area contributed by atoms with Crippen molar-refractivity contribution in [1.29, 1.82) is 0 Å². The van der Waals surface area contributed by atoms with Crippen LogP contribution in [-0.2, 0) is 6.42 Å². The minimum atomic E-state index is 0. The maximum Gasteiger partial charge on any atom is 0.0588 e. The van der Waals surface area contributed by atoms with Crippen LogP contribution in [0.15, 0.2) is 22.7 Å². The van der Waals surface area contributed by atoms with E-state index in [9.17, 15) is 0 Å². The van der Waals surface area contributed by atoms with Gasteiger partial charge in [0.2, 0.25) is 0 Å². The standard InChI is InChI=1S/C11H14BrNO.ClH/c1-7-9-3-2-4-11(12)10(9)5-8(6-14)13-7;/h2-4,7-8,13-14H,5-6H2,1H3;1H/t7-,8+;/m0./s1. The Morgan fingerprint density at radius 2 is 2.27 bits per heavy atom. The van der Waals surface area contributed by atoms with Gasteiger partial charge in [0.15, 0.2) is 0 Å². The van der Waals surface area contributed by atoms with Crippen molar-refractivity contribution >= 4 is 28.3 Å². The van der Waals surface area contributed by atoms with Crippen molar-refractivity contribution in [2.75, 3.05) is 6.61 Å². The lowest BCUT2D eigenvalue weighted by Gasteiger charge is -2.30. The Bertz CT molecular complexity index is 345. The molecule has 0 fully saturated rings. The first-order chi connectivity index (χ1) is 6.72. The summed E-state index contributed by atoms with van der Waals surface area (Å²) in [7, 11) is 0. The van der Waals surface area contributed by atoms with Crippen LogP contribution in [0.1, 0.15) is 24.1 Å². The predicted molar refractivity (Wildman–Crippen MR) is 67.5 cm³/mol. The smallest absolute Gasteiger partial charge is 0.0588 e. The molecule has 0 saturated carbocycles. The van der Waals surface area contributed by atoms with Gasteiger partial charge in [0, 0.05) is 16.6 Å². The average Bonchev–Trinajstić information content (AvgIpc) is 2.19. The summed E-state index contributed by atoms with van der Waals surface area (Å²) < 4.78 is 1.15. The van der Waals surface area contributed by atoms with Gasteiger partial charge in [0.25, 0.3) is 0 Å². The van der Waals surface area contributed by atoms with Gasteiger partial charge in [-0.15, -0.1) is 12.4 Å². The average molecular weight is 293 g/mol. The summed E-state index contributed by atoms with van der Waals surface area (Å²) in [5.41, 5.74) is 2.67. The van der Waals surface area contributed by atoms with Crippen LogP contribution >= 0.6 is 28.3 Å². The van der Waals surface area contributed by atoms with Gasteiger partial charge in [-0.25, -0.2) is 0 Å². The summed E-state index contributed by atoms with van der Waals surface area (Å²) in [4.78, 5) is 0. The number of fused-ring (bicyclic) bond motifs is 1. The molecule has 1 heterocycles. The third kappa shape index (κ3) is 2.53. The maximum absolute atomic E-state index is 9.15. The summed E-state index contributed by atoms with van der Waals surface area (Å²) in [5, 5.41) is 12.5. The molecule has 1 aromatic carbocycles. The number of aliphatic hydroxyl groups excluding tert-OH is 1. The third-order valence-electron chi connectivity index (χ3n) is 2.78. The summed E-state index contributed by atoms with van der Waals surface area (Å²) in [6.45, 7) is 2.33. The van der Waals surface area contributed by atoms with E-state index in [4.69, 9.17) is 5.11 Å². The lowest BCUT2D eigenvalue weighted by molar-refractivity contribution is 0.225. The van der Waals surface area contributed by atoms with E-state index in [-0.39, 0.29) is 25.1 Å². The number of hydrogen-bond donors (Lipinski definition) is 2. The molecular formula is C11H15BrClNO. The van der Waals surface area contributed by atoms with Crippen molar-refractivity contribution in [2.24, 2.45) is 0 Å². The minimum absolute atomic E-state index is 0. The molecule has 0 amide bonds. The first-order valence-corrected chi connectivity index (χ1v) is 5.66. The second-order valence-electron chi connectivity index (χ2n) is 3.78. The highest BCUT2D eigenvalue weighted by molar-refractivity contribution is 9.10. The van der Waals surface area contributed by atoms with Crippen molar-refractivity contribution in [3.63, 3.8) is 0 Å². The molecule has 2 nitrogen and oxygen atoms in total. The molecule has 0 radical (unpaired) electrons. The van der Waals surface area contributed by atoms with E-state index in [2.05, 4.69) is 46.4 Å². The molecule has 4 heteroatoms. The molecule has 1 aliphatic rings. The number of aliphatic hydroxyl groups is 1. The van der Waals surface area contributed by atoms with Gasteiger partial charge < -0.3 is 10.4 Å². The second-order valence-corrected chi connectivity index (χ2v) is 4.63. The van der Waals surface area contributed by atoms with Crippen molar-refractivity contribution in [3.8, 4) is 0 Å². The molecule has 0 spiro atoms. The van der Waals surface area contributed by atoms with Crippen LogP contribution in [0.25, 0.3) is 0 Å². The Morgan fingerprint density at radius 1 is 1.53 bits per heavy atom. The van der Waals surface area contributed by atoms with Crippen LogP contribution in [0.5, 0.6) is 0 Å². The molecule has 0 aromatic heterocycles. The molecular weight excluding hydrogens is 277 g/mol. The fraction of sp³-hybridized carbons (Fsp3) is 0.455. The summed E-state index contributed by atoms with van der Waals surface area (Å²) in [6.07, 6.45) is 0.900. The monoisotopic (exact) mass is 291 g/mol.